The lowest BCUT2D eigenvalue weighted by atomic mass is 9.86. The Kier molecular flexibility index (Phi) is 8.00. The molecular weight excluding hydrogens is 485 g/mol. The molecule has 0 amide bonds. The van der Waals surface area contributed by atoms with Crippen molar-refractivity contribution in [2.24, 2.45) is 0 Å². The van der Waals surface area contributed by atoms with E-state index in [4.69, 9.17) is 11.6 Å². The molecule has 2 atom stereocenters. The van der Waals surface area contributed by atoms with E-state index in [0.717, 1.165) is 12.7 Å². The number of rotatable bonds is 7. The molecule has 3 N–H and O–H groups in total. The van der Waals surface area contributed by atoms with Gasteiger partial charge < -0.3 is 14.9 Å². The summed E-state index contributed by atoms with van der Waals surface area (Å²) in [5, 5.41) is 22.7. The smallest absolute Gasteiger partial charge is 0.418 e. The van der Waals surface area contributed by atoms with Crippen molar-refractivity contribution < 1.29 is 28.1 Å². The summed E-state index contributed by atoms with van der Waals surface area (Å²) in [6, 6.07) is 11.7. The molecule has 1 aromatic heterocycles. The van der Waals surface area contributed by atoms with Gasteiger partial charge >= 0.3 is 12.2 Å². The first kappa shape index (κ1) is 26.8. The minimum atomic E-state index is -4.74. The lowest BCUT2D eigenvalue weighted by Crippen LogP contribution is -2.48. The van der Waals surface area contributed by atoms with Gasteiger partial charge in [0.25, 0.3) is 0 Å². The third-order valence-electron chi connectivity index (χ3n) is 5.26. The quantitative estimate of drug-likeness (QED) is 0.391. The van der Waals surface area contributed by atoms with Crippen molar-refractivity contribution in [2.45, 2.75) is 51.2 Å². The van der Waals surface area contributed by atoms with Gasteiger partial charge in [-0.15, -0.1) is 0 Å². The van der Waals surface area contributed by atoms with Crippen LogP contribution in [-0.2, 0) is 16.7 Å². The summed E-state index contributed by atoms with van der Waals surface area (Å²) in [4.78, 5) is 12.5. The van der Waals surface area contributed by atoms with Crippen LogP contribution in [0.5, 0.6) is 6.01 Å². The monoisotopic (exact) mass is 510 g/mol. The maximum atomic E-state index is 13.0. The van der Waals surface area contributed by atoms with Crippen LogP contribution in [0.25, 0.3) is 22.8 Å². The van der Waals surface area contributed by atoms with Gasteiger partial charge in [-0.2, -0.15) is 23.1 Å². The maximum absolute atomic E-state index is 13.0. The van der Waals surface area contributed by atoms with E-state index in [0.29, 0.717) is 16.7 Å². The second-order valence-electron chi connectivity index (χ2n) is 8.95. The first-order valence-electron chi connectivity index (χ1n) is 10.7. The number of aromatic nitrogens is 3. The van der Waals surface area contributed by atoms with E-state index in [1.54, 1.807) is 12.1 Å². The van der Waals surface area contributed by atoms with Gasteiger partial charge in [-0.25, -0.2) is 4.98 Å². The lowest BCUT2D eigenvalue weighted by molar-refractivity contribution is -0.243. The Bertz CT molecular complexity index is 1190. The van der Waals surface area contributed by atoms with Gasteiger partial charge in [0.2, 0.25) is 0 Å². The number of nitrogens with one attached hydrogen (secondary N) is 1. The molecule has 0 saturated heterocycles. The zero-order chi connectivity index (χ0) is 26.0. The second-order valence-corrected chi connectivity index (χ2v) is 9.36. The number of aromatic hydroxyl groups is 1. The zero-order valence-corrected chi connectivity index (χ0v) is 20.3. The van der Waals surface area contributed by atoms with Gasteiger partial charge in [0.05, 0.1) is 5.02 Å². The van der Waals surface area contributed by atoms with Crippen molar-refractivity contribution in [3.8, 4) is 28.8 Å². The molecule has 1 unspecified atom stereocenters. The van der Waals surface area contributed by atoms with Crippen molar-refractivity contribution in [3.63, 3.8) is 0 Å². The molecule has 11 heteroatoms. The summed E-state index contributed by atoms with van der Waals surface area (Å²) in [5.41, 5.74) is 2.44. The highest BCUT2D eigenvalue weighted by Gasteiger charge is 2.44. The Morgan fingerprint density at radius 3 is 2.34 bits per heavy atom. The fourth-order valence-corrected chi connectivity index (χ4v) is 3.57. The average Bonchev–Trinajstić information content (AvgIpc) is 2.77. The SMILES string of the molecule is CO[C@H](C(O)NCc1ccc(Cl)c(-c2nc(O)nc(-c3cccc(C(C)(C)C)c3)n2)c1)C(F)(F)F. The molecule has 35 heavy (non-hydrogen) atoms. The van der Waals surface area contributed by atoms with E-state index >= 15 is 0 Å². The predicted molar refractivity (Wildman–Crippen MR) is 126 cm³/mol. The third-order valence-corrected chi connectivity index (χ3v) is 5.59. The van der Waals surface area contributed by atoms with Gasteiger partial charge in [0.1, 0.15) is 6.23 Å². The number of aliphatic hydroxyl groups is 1. The van der Waals surface area contributed by atoms with Crippen LogP contribution in [-0.4, -0.2) is 50.8 Å². The summed E-state index contributed by atoms with van der Waals surface area (Å²) < 4.78 is 43.2. The minimum Gasteiger partial charge on any atom is -0.479 e. The van der Waals surface area contributed by atoms with Crippen molar-refractivity contribution in [1.29, 1.82) is 0 Å². The number of benzene rings is 2. The van der Waals surface area contributed by atoms with Gasteiger partial charge in [0, 0.05) is 24.8 Å². The predicted octanol–water partition coefficient (Wildman–Crippen LogP) is 4.85. The molecule has 1 heterocycles. The van der Waals surface area contributed by atoms with Crippen molar-refractivity contribution in [3.05, 3.63) is 58.6 Å². The molecular formula is C24H26ClF3N4O3. The van der Waals surface area contributed by atoms with E-state index in [-0.39, 0.29) is 28.6 Å². The number of halogens is 4. The summed E-state index contributed by atoms with van der Waals surface area (Å²) in [6.07, 6.45) is -9.11. The first-order chi connectivity index (χ1) is 16.3. The Balaban J connectivity index is 1.91. The van der Waals surface area contributed by atoms with Gasteiger partial charge in [-0.1, -0.05) is 56.6 Å². The fourth-order valence-electron chi connectivity index (χ4n) is 3.36. The Hall–Kier alpha value is -2.79. The van der Waals surface area contributed by atoms with Crippen LogP contribution in [0.1, 0.15) is 31.9 Å². The van der Waals surface area contributed by atoms with Crippen molar-refractivity contribution >= 4 is 11.6 Å². The summed E-state index contributed by atoms with van der Waals surface area (Å²) >= 11 is 6.34. The molecule has 2 aromatic carbocycles. The molecule has 0 aliphatic carbocycles. The topological polar surface area (TPSA) is 100 Å². The summed E-state index contributed by atoms with van der Waals surface area (Å²) in [6.45, 7) is 6.09. The minimum absolute atomic E-state index is 0.0890. The molecule has 0 bridgehead atoms. The van der Waals surface area contributed by atoms with E-state index in [1.165, 1.54) is 6.07 Å². The molecule has 0 aliphatic heterocycles. The standard InChI is InChI=1S/C24H26ClF3N4O3/c1-23(2,3)15-7-5-6-14(11-15)19-30-20(32-22(34)31-19)16-10-13(8-9-17(16)25)12-29-21(33)18(35-4)24(26,27)28/h5-11,18,21,29,33H,12H2,1-4H3,(H,30,31,32,34)/t18-,21?/m1/s1. The fraction of sp³-hybridized carbons (Fsp3) is 0.375. The van der Waals surface area contributed by atoms with E-state index in [2.05, 4.69) is 45.8 Å². The summed E-state index contributed by atoms with van der Waals surface area (Å²) in [7, 11) is 0.867. The van der Waals surface area contributed by atoms with Crippen molar-refractivity contribution in [1.82, 2.24) is 20.3 Å². The molecule has 3 rings (SSSR count). The van der Waals surface area contributed by atoms with Crippen LogP contribution in [0.15, 0.2) is 42.5 Å². The Morgan fingerprint density at radius 1 is 1.03 bits per heavy atom. The average molecular weight is 511 g/mol. The Labute approximate surface area is 206 Å². The zero-order valence-electron chi connectivity index (χ0n) is 19.6. The molecule has 7 nitrogen and oxygen atoms in total. The van der Waals surface area contributed by atoms with E-state index < -0.39 is 24.5 Å². The largest absolute Gasteiger partial charge is 0.479 e. The number of hydrogen-bond acceptors (Lipinski definition) is 7. The van der Waals surface area contributed by atoms with Crippen LogP contribution >= 0.6 is 11.6 Å². The molecule has 0 radical (unpaired) electrons. The van der Waals surface area contributed by atoms with E-state index in [9.17, 15) is 23.4 Å². The van der Waals surface area contributed by atoms with Gasteiger partial charge in [-0.3, -0.25) is 5.32 Å². The summed E-state index contributed by atoms with van der Waals surface area (Å²) in [5.74, 6) is 0.327. The second kappa shape index (κ2) is 10.4. The highest BCUT2D eigenvalue weighted by Crippen LogP contribution is 2.31. The number of aliphatic hydroxyl groups excluding tert-OH is 1. The number of methoxy groups -OCH3 is 1. The first-order valence-corrected chi connectivity index (χ1v) is 11.0. The normalized spacial score (nSPS) is 14.1. The van der Waals surface area contributed by atoms with Crippen LogP contribution < -0.4 is 5.32 Å². The van der Waals surface area contributed by atoms with Crippen LogP contribution in [0, 0.1) is 0 Å². The van der Waals surface area contributed by atoms with Gasteiger partial charge in [0.15, 0.2) is 17.8 Å². The lowest BCUT2D eigenvalue weighted by Gasteiger charge is -2.24. The van der Waals surface area contributed by atoms with E-state index in [1.807, 2.05) is 24.3 Å². The van der Waals surface area contributed by atoms with Gasteiger partial charge in [-0.05, 0) is 34.7 Å². The third kappa shape index (κ3) is 6.66. The number of hydrogen-bond donors (Lipinski definition) is 3. The number of nitrogens with zero attached hydrogens (tertiary/aromatic N) is 3. The molecule has 0 saturated carbocycles. The molecule has 0 fully saturated rings. The molecule has 0 aliphatic rings. The highest BCUT2D eigenvalue weighted by molar-refractivity contribution is 6.33. The highest BCUT2D eigenvalue weighted by atomic mass is 35.5. The Morgan fingerprint density at radius 2 is 1.71 bits per heavy atom. The van der Waals surface area contributed by atoms with Crippen molar-refractivity contribution in [2.75, 3.05) is 7.11 Å². The maximum Gasteiger partial charge on any atom is 0.418 e. The molecule has 188 valence electrons. The van der Waals surface area contributed by atoms with Crippen LogP contribution in [0.4, 0.5) is 13.2 Å². The molecule has 3 aromatic rings. The van der Waals surface area contributed by atoms with Crippen LogP contribution in [0.2, 0.25) is 5.02 Å². The number of ether oxygens (including phenoxy) is 1. The number of alkyl halides is 3. The molecule has 0 spiro atoms. The van der Waals surface area contributed by atoms with Crippen LogP contribution in [0.3, 0.4) is 0 Å².